The number of carbonyl (C=O) groups excluding carboxylic acids is 1. The standard InChI is InChI=1S/C40H44ClN3O3Si/c1-27(2)42-37(45)25-44-38(30-13-12-14-32(41)23-30)43-36-20-19-29(24-35(36)39(44)46)31-21-28(22-31)26-47-48(40(3,4)5,33-15-8-6-9-16-33)34-17-10-7-11-18-34/h6-20,23-24,27-28,31H,21-22,25-26H2,1-5H3,(H,42,45). The second-order valence-electron chi connectivity index (χ2n) is 14.3. The maximum atomic E-state index is 14.0. The van der Waals surface area contributed by atoms with Crippen LogP contribution in [-0.2, 0) is 15.8 Å². The zero-order valence-electron chi connectivity index (χ0n) is 28.4. The normalized spacial score (nSPS) is 16.6. The molecule has 1 saturated carbocycles. The Bertz CT molecular complexity index is 1930. The van der Waals surface area contributed by atoms with Gasteiger partial charge < -0.3 is 9.74 Å². The fraction of sp³-hybridized carbons (Fsp3) is 0.325. The molecule has 1 aliphatic carbocycles. The minimum Gasteiger partial charge on any atom is -0.407 e. The molecule has 248 valence electrons. The number of halogens is 1. The third-order valence-corrected chi connectivity index (χ3v) is 14.7. The molecule has 8 heteroatoms. The second-order valence-corrected chi connectivity index (χ2v) is 19.1. The molecule has 1 N–H and O–H groups in total. The van der Waals surface area contributed by atoms with E-state index in [0.29, 0.717) is 45.8 Å². The van der Waals surface area contributed by atoms with E-state index in [9.17, 15) is 9.59 Å². The van der Waals surface area contributed by atoms with Crippen molar-refractivity contribution in [3.8, 4) is 11.4 Å². The van der Waals surface area contributed by atoms with E-state index in [1.807, 2.05) is 38.1 Å². The molecular formula is C40H44ClN3O3Si. The van der Waals surface area contributed by atoms with Gasteiger partial charge in [0, 0.05) is 23.2 Å². The zero-order chi connectivity index (χ0) is 34.1. The molecule has 5 aromatic rings. The molecule has 1 aliphatic rings. The van der Waals surface area contributed by atoms with E-state index < -0.39 is 8.32 Å². The summed E-state index contributed by atoms with van der Waals surface area (Å²) in [4.78, 5) is 31.8. The summed E-state index contributed by atoms with van der Waals surface area (Å²) in [5, 5.41) is 6.46. The molecule has 0 unspecified atom stereocenters. The average molecular weight is 678 g/mol. The van der Waals surface area contributed by atoms with Crippen LogP contribution in [0.2, 0.25) is 10.1 Å². The number of hydrogen-bond donors (Lipinski definition) is 1. The summed E-state index contributed by atoms with van der Waals surface area (Å²) in [6, 6.07) is 34.7. The molecule has 0 bridgehead atoms. The van der Waals surface area contributed by atoms with Crippen molar-refractivity contribution in [3.63, 3.8) is 0 Å². The number of amides is 1. The van der Waals surface area contributed by atoms with Gasteiger partial charge in [-0.15, -0.1) is 0 Å². The Morgan fingerprint density at radius 3 is 2.17 bits per heavy atom. The first-order chi connectivity index (χ1) is 23.0. The molecule has 48 heavy (non-hydrogen) atoms. The molecule has 0 radical (unpaired) electrons. The molecule has 0 saturated heterocycles. The van der Waals surface area contributed by atoms with Crippen LogP contribution in [0.4, 0.5) is 0 Å². The summed E-state index contributed by atoms with van der Waals surface area (Å²) < 4.78 is 8.68. The van der Waals surface area contributed by atoms with E-state index >= 15 is 0 Å². The third-order valence-electron chi connectivity index (χ3n) is 9.47. The summed E-state index contributed by atoms with van der Waals surface area (Å²) in [5.74, 6) is 0.931. The van der Waals surface area contributed by atoms with Gasteiger partial charge in [0.2, 0.25) is 5.91 Å². The van der Waals surface area contributed by atoms with Gasteiger partial charge in [-0.1, -0.05) is 111 Å². The van der Waals surface area contributed by atoms with Gasteiger partial charge in [-0.05, 0) is 83.8 Å². The molecule has 6 rings (SSSR count). The molecule has 6 nitrogen and oxygen atoms in total. The lowest BCUT2D eigenvalue weighted by Gasteiger charge is -2.45. The Balaban J connectivity index is 1.26. The average Bonchev–Trinajstić information content (AvgIpc) is 3.03. The molecule has 4 aromatic carbocycles. The largest absolute Gasteiger partial charge is 0.407 e. The van der Waals surface area contributed by atoms with Gasteiger partial charge in [-0.3, -0.25) is 14.2 Å². The monoisotopic (exact) mass is 677 g/mol. The smallest absolute Gasteiger partial charge is 0.262 e. The third kappa shape index (κ3) is 6.77. The van der Waals surface area contributed by atoms with Crippen molar-refractivity contribution >= 4 is 47.1 Å². The van der Waals surface area contributed by atoms with E-state index in [4.69, 9.17) is 21.0 Å². The van der Waals surface area contributed by atoms with Gasteiger partial charge in [0.05, 0.1) is 10.9 Å². The molecule has 1 aromatic heterocycles. The lowest BCUT2D eigenvalue weighted by atomic mass is 9.72. The lowest BCUT2D eigenvalue weighted by Crippen LogP contribution is -2.67. The van der Waals surface area contributed by atoms with E-state index in [1.165, 1.54) is 14.9 Å². The molecule has 0 spiro atoms. The van der Waals surface area contributed by atoms with Gasteiger partial charge in [0.25, 0.3) is 13.9 Å². The van der Waals surface area contributed by atoms with E-state index in [2.05, 4.69) is 92.8 Å². The van der Waals surface area contributed by atoms with Gasteiger partial charge in [-0.25, -0.2) is 4.98 Å². The van der Waals surface area contributed by atoms with Crippen molar-refractivity contribution in [1.82, 2.24) is 14.9 Å². The fourth-order valence-corrected chi connectivity index (χ4v) is 12.0. The first kappa shape index (κ1) is 33.8. The van der Waals surface area contributed by atoms with Crippen LogP contribution in [0.1, 0.15) is 58.9 Å². The highest BCUT2D eigenvalue weighted by molar-refractivity contribution is 6.99. The van der Waals surface area contributed by atoms with Gasteiger partial charge in [0.1, 0.15) is 12.4 Å². The van der Waals surface area contributed by atoms with Crippen LogP contribution in [0.25, 0.3) is 22.3 Å². The summed E-state index contributed by atoms with van der Waals surface area (Å²) in [7, 11) is -2.60. The van der Waals surface area contributed by atoms with Crippen LogP contribution in [-0.4, -0.2) is 36.4 Å². The molecular weight excluding hydrogens is 634 g/mol. The number of rotatable bonds is 10. The minimum atomic E-state index is -2.60. The molecule has 0 atom stereocenters. The van der Waals surface area contributed by atoms with Crippen molar-refractivity contribution in [1.29, 1.82) is 0 Å². The van der Waals surface area contributed by atoms with E-state index in [-0.39, 0.29) is 29.1 Å². The first-order valence-electron chi connectivity index (χ1n) is 16.8. The second kappa shape index (κ2) is 13.8. The predicted molar refractivity (Wildman–Crippen MR) is 199 cm³/mol. The summed E-state index contributed by atoms with van der Waals surface area (Å²) in [6.45, 7) is 11.3. The maximum Gasteiger partial charge on any atom is 0.262 e. The van der Waals surface area contributed by atoms with Gasteiger partial charge in [-0.2, -0.15) is 0 Å². The number of carbonyl (C=O) groups is 1. The first-order valence-corrected chi connectivity index (χ1v) is 19.1. The number of nitrogens with zero attached hydrogens (tertiary/aromatic N) is 2. The maximum absolute atomic E-state index is 14.0. The van der Waals surface area contributed by atoms with Crippen LogP contribution >= 0.6 is 11.6 Å². The topological polar surface area (TPSA) is 73.2 Å². The Kier molecular flexibility index (Phi) is 9.75. The number of nitrogens with one attached hydrogen (secondary N) is 1. The van der Waals surface area contributed by atoms with Crippen molar-refractivity contribution in [2.75, 3.05) is 6.61 Å². The highest BCUT2D eigenvalue weighted by atomic mass is 35.5. The van der Waals surface area contributed by atoms with Crippen LogP contribution in [0.3, 0.4) is 0 Å². The Morgan fingerprint density at radius 1 is 0.938 bits per heavy atom. The summed E-state index contributed by atoms with van der Waals surface area (Å²) in [6.07, 6.45) is 1.98. The van der Waals surface area contributed by atoms with Crippen LogP contribution < -0.4 is 21.2 Å². The predicted octanol–water partition coefficient (Wildman–Crippen LogP) is 7.31. The van der Waals surface area contributed by atoms with Crippen molar-refractivity contribution < 1.29 is 9.22 Å². The Hall–Kier alpha value is -4.04. The zero-order valence-corrected chi connectivity index (χ0v) is 30.1. The Labute approximate surface area is 289 Å². The number of fused-ring (bicyclic) bond motifs is 1. The fourth-order valence-electron chi connectivity index (χ4n) is 7.15. The quantitative estimate of drug-likeness (QED) is 0.157. The SMILES string of the molecule is CC(C)NC(=O)Cn1c(-c2cccc(Cl)c2)nc2ccc(C3CC(CO[Si](c4ccccc4)(c4ccccc4)C(C)(C)C)C3)cc2c1=O. The van der Waals surface area contributed by atoms with Crippen molar-refractivity contribution in [2.45, 2.75) is 71.0 Å². The van der Waals surface area contributed by atoms with E-state index in [1.54, 1.807) is 12.1 Å². The molecule has 0 aliphatic heterocycles. The van der Waals surface area contributed by atoms with Crippen molar-refractivity contribution in [2.24, 2.45) is 5.92 Å². The molecule has 1 heterocycles. The molecule has 1 amide bonds. The summed E-state index contributed by atoms with van der Waals surface area (Å²) in [5.41, 5.74) is 2.18. The van der Waals surface area contributed by atoms with Crippen LogP contribution in [0.5, 0.6) is 0 Å². The van der Waals surface area contributed by atoms with E-state index in [0.717, 1.165) is 18.4 Å². The van der Waals surface area contributed by atoms with Gasteiger partial charge in [0.15, 0.2) is 0 Å². The highest BCUT2D eigenvalue weighted by Gasteiger charge is 2.50. The summed E-state index contributed by atoms with van der Waals surface area (Å²) >= 11 is 6.30. The van der Waals surface area contributed by atoms with Gasteiger partial charge >= 0.3 is 0 Å². The lowest BCUT2D eigenvalue weighted by molar-refractivity contribution is -0.122. The number of aromatic nitrogens is 2. The highest BCUT2D eigenvalue weighted by Crippen LogP contribution is 2.44. The number of benzene rings is 4. The number of hydrogen-bond acceptors (Lipinski definition) is 4. The molecule has 1 fully saturated rings. The van der Waals surface area contributed by atoms with Crippen LogP contribution in [0.15, 0.2) is 108 Å². The Morgan fingerprint density at radius 2 is 1.58 bits per heavy atom. The van der Waals surface area contributed by atoms with Crippen molar-refractivity contribution in [3.05, 3.63) is 124 Å². The van der Waals surface area contributed by atoms with Crippen LogP contribution in [0, 0.1) is 5.92 Å². The minimum absolute atomic E-state index is 0.0463.